The lowest BCUT2D eigenvalue weighted by Crippen LogP contribution is -2.39. The molecule has 1 atom stereocenters. The van der Waals surface area contributed by atoms with Gasteiger partial charge in [0.15, 0.2) is 0 Å². The van der Waals surface area contributed by atoms with E-state index in [9.17, 15) is 13.2 Å². The van der Waals surface area contributed by atoms with Crippen LogP contribution >= 0.6 is 0 Å². The molecule has 1 aromatic carbocycles. The number of rotatable bonds is 8. The van der Waals surface area contributed by atoms with Gasteiger partial charge in [-0.3, -0.25) is 0 Å². The van der Waals surface area contributed by atoms with Crippen molar-refractivity contribution in [1.29, 1.82) is 0 Å². The van der Waals surface area contributed by atoms with E-state index in [1.165, 1.54) is 0 Å². The first-order chi connectivity index (χ1) is 9.88. The fourth-order valence-corrected chi connectivity index (χ4v) is 3.34. The lowest BCUT2D eigenvalue weighted by molar-refractivity contribution is 0.0697. The van der Waals surface area contributed by atoms with Crippen molar-refractivity contribution in [1.82, 2.24) is 10.0 Å². The van der Waals surface area contributed by atoms with Gasteiger partial charge < -0.3 is 10.4 Å². The summed E-state index contributed by atoms with van der Waals surface area (Å²) in [5.74, 6) is -0.947. The van der Waals surface area contributed by atoms with Gasteiger partial charge >= 0.3 is 5.97 Å². The van der Waals surface area contributed by atoms with Gasteiger partial charge in [-0.1, -0.05) is 12.1 Å². The maximum atomic E-state index is 11.7. The largest absolute Gasteiger partial charge is 0.478 e. The minimum absolute atomic E-state index is 0.00215. The number of benzene rings is 1. The van der Waals surface area contributed by atoms with Crippen LogP contribution in [0.1, 0.15) is 35.7 Å². The molecular formula is C14H20N2O4S. The summed E-state index contributed by atoms with van der Waals surface area (Å²) in [6.07, 6.45) is 1.51. The van der Waals surface area contributed by atoms with Crippen molar-refractivity contribution < 1.29 is 18.3 Å². The minimum atomic E-state index is -3.14. The summed E-state index contributed by atoms with van der Waals surface area (Å²) in [6.45, 7) is 2.82. The standard InChI is InChI=1S/C14H20N2O4S/c1-10(8-16-21(19,20)13-6-7-13)15-9-11-2-4-12(5-3-11)14(17)18/h2-5,10,13,15-16H,6-9H2,1H3,(H,17,18)/t10-/m0/s1. The molecule has 0 spiro atoms. The zero-order chi connectivity index (χ0) is 15.5. The highest BCUT2D eigenvalue weighted by Gasteiger charge is 2.35. The Balaban J connectivity index is 1.75. The van der Waals surface area contributed by atoms with E-state index in [1.807, 2.05) is 6.92 Å². The lowest BCUT2D eigenvalue weighted by atomic mass is 10.1. The average Bonchev–Trinajstić information content (AvgIpc) is 3.28. The number of carbonyl (C=O) groups is 1. The summed E-state index contributed by atoms with van der Waals surface area (Å²) in [7, 11) is -3.14. The van der Waals surface area contributed by atoms with E-state index in [0.717, 1.165) is 18.4 Å². The molecule has 0 saturated heterocycles. The fraction of sp³-hybridized carbons (Fsp3) is 0.500. The molecule has 0 heterocycles. The summed E-state index contributed by atoms with van der Waals surface area (Å²) < 4.78 is 26.0. The Labute approximate surface area is 124 Å². The fourth-order valence-electron chi connectivity index (χ4n) is 1.87. The zero-order valence-electron chi connectivity index (χ0n) is 11.9. The molecule has 1 aromatic rings. The molecular weight excluding hydrogens is 292 g/mol. The van der Waals surface area contributed by atoms with Crippen molar-refractivity contribution in [2.24, 2.45) is 0 Å². The second-order valence-electron chi connectivity index (χ2n) is 5.38. The van der Waals surface area contributed by atoms with E-state index in [4.69, 9.17) is 5.11 Å². The summed E-state index contributed by atoms with van der Waals surface area (Å²) in [4.78, 5) is 10.7. The van der Waals surface area contributed by atoms with Crippen LogP contribution in [0.3, 0.4) is 0 Å². The third-order valence-corrected chi connectivity index (χ3v) is 5.33. The molecule has 0 aliphatic heterocycles. The zero-order valence-corrected chi connectivity index (χ0v) is 12.7. The number of carboxylic acids is 1. The molecule has 2 rings (SSSR count). The SMILES string of the molecule is C[C@@H](CNS(=O)(=O)C1CC1)NCc1ccc(C(=O)O)cc1. The van der Waals surface area contributed by atoms with E-state index in [0.29, 0.717) is 13.1 Å². The van der Waals surface area contributed by atoms with Crippen molar-refractivity contribution in [2.45, 2.75) is 37.6 Å². The second-order valence-corrected chi connectivity index (χ2v) is 7.42. The minimum Gasteiger partial charge on any atom is -0.478 e. The third-order valence-electron chi connectivity index (χ3n) is 3.41. The van der Waals surface area contributed by atoms with Crippen LogP contribution in [0.5, 0.6) is 0 Å². The van der Waals surface area contributed by atoms with Gasteiger partial charge in [0.05, 0.1) is 10.8 Å². The highest BCUT2D eigenvalue weighted by atomic mass is 32.2. The van der Waals surface area contributed by atoms with Crippen LogP contribution in [0.2, 0.25) is 0 Å². The van der Waals surface area contributed by atoms with Gasteiger partial charge in [0.2, 0.25) is 10.0 Å². The Kier molecular flexibility index (Phi) is 4.97. The molecule has 6 nitrogen and oxygen atoms in total. The van der Waals surface area contributed by atoms with Crippen LogP contribution < -0.4 is 10.0 Å². The lowest BCUT2D eigenvalue weighted by Gasteiger charge is -2.15. The van der Waals surface area contributed by atoms with Crippen LogP contribution in [0.4, 0.5) is 0 Å². The number of aromatic carboxylic acids is 1. The van der Waals surface area contributed by atoms with Crippen molar-refractivity contribution in [3.8, 4) is 0 Å². The predicted octanol–water partition coefficient (Wildman–Crippen LogP) is 0.945. The highest BCUT2D eigenvalue weighted by Crippen LogP contribution is 2.27. The summed E-state index contributed by atoms with van der Waals surface area (Å²) >= 11 is 0. The summed E-state index contributed by atoms with van der Waals surface area (Å²) in [5, 5.41) is 11.8. The number of hydrogen-bond acceptors (Lipinski definition) is 4. The van der Waals surface area contributed by atoms with Gasteiger partial charge in [0.1, 0.15) is 0 Å². The molecule has 0 aromatic heterocycles. The number of carboxylic acid groups (broad SMARTS) is 1. The molecule has 1 aliphatic rings. The van der Waals surface area contributed by atoms with Gasteiger partial charge in [-0.15, -0.1) is 0 Å². The van der Waals surface area contributed by atoms with Gasteiger partial charge in [-0.2, -0.15) is 0 Å². The van der Waals surface area contributed by atoms with E-state index in [-0.39, 0.29) is 16.9 Å². The van der Waals surface area contributed by atoms with Crippen molar-refractivity contribution in [3.63, 3.8) is 0 Å². The third kappa shape index (κ3) is 4.80. The normalized spacial score (nSPS) is 16.6. The summed E-state index contributed by atoms with van der Waals surface area (Å²) in [6, 6.07) is 6.60. The Morgan fingerprint density at radius 3 is 2.48 bits per heavy atom. The van der Waals surface area contributed by atoms with Crippen molar-refractivity contribution >= 4 is 16.0 Å². The topological polar surface area (TPSA) is 95.5 Å². The maximum absolute atomic E-state index is 11.7. The molecule has 0 radical (unpaired) electrons. The quantitative estimate of drug-likeness (QED) is 0.664. The number of hydrogen-bond donors (Lipinski definition) is 3. The molecule has 1 fully saturated rings. The van der Waals surface area contributed by atoms with Crippen LogP contribution in [-0.4, -0.2) is 37.3 Å². The van der Waals surface area contributed by atoms with Gasteiger partial charge in [0.25, 0.3) is 0 Å². The Hall–Kier alpha value is -1.44. The van der Waals surface area contributed by atoms with E-state index in [1.54, 1.807) is 24.3 Å². The van der Waals surface area contributed by atoms with E-state index >= 15 is 0 Å². The van der Waals surface area contributed by atoms with Crippen molar-refractivity contribution in [2.75, 3.05) is 6.54 Å². The first kappa shape index (κ1) is 15.9. The smallest absolute Gasteiger partial charge is 0.335 e. The second kappa shape index (κ2) is 6.55. The highest BCUT2D eigenvalue weighted by molar-refractivity contribution is 7.90. The molecule has 0 bridgehead atoms. The first-order valence-electron chi connectivity index (χ1n) is 6.92. The molecule has 21 heavy (non-hydrogen) atoms. The predicted molar refractivity (Wildman–Crippen MR) is 79.6 cm³/mol. The van der Waals surface area contributed by atoms with Crippen LogP contribution in [0.25, 0.3) is 0 Å². The van der Waals surface area contributed by atoms with Crippen LogP contribution in [0.15, 0.2) is 24.3 Å². The Bertz CT molecular complexity index is 594. The van der Waals surface area contributed by atoms with E-state index in [2.05, 4.69) is 10.0 Å². The van der Waals surface area contributed by atoms with Crippen LogP contribution in [0, 0.1) is 0 Å². The number of sulfonamides is 1. The molecule has 116 valence electrons. The molecule has 7 heteroatoms. The van der Waals surface area contributed by atoms with Crippen molar-refractivity contribution in [3.05, 3.63) is 35.4 Å². The summed E-state index contributed by atoms with van der Waals surface area (Å²) in [5.41, 5.74) is 1.21. The molecule has 0 amide bonds. The van der Waals surface area contributed by atoms with Gasteiger partial charge in [-0.05, 0) is 37.5 Å². The Morgan fingerprint density at radius 1 is 1.33 bits per heavy atom. The molecule has 3 N–H and O–H groups in total. The Morgan fingerprint density at radius 2 is 1.95 bits per heavy atom. The first-order valence-corrected chi connectivity index (χ1v) is 8.47. The monoisotopic (exact) mass is 312 g/mol. The maximum Gasteiger partial charge on any atom is 0.335 e. The number of nitrogens with one attached hydrogen (secondary N) is 2. The van der Waals surface area contributed by atoms with Gasteiger partial charge in [0, 0.05) is 19.1 Å². The average molecular weight is 312 g/mol. The molecule has 0 unspecified atom stereocenters. The molecule has 1 aliphatic carbocycles. The van der Waals surface area contributed by atoms with Crippen LogP contribution in [-0.2, 0) is 16.6 Å². The van der Waals surface area contributed by atoms with Gasteiger partial charge in [-0.25, -0.2) is 17.9 Å². The van der Waals surface area contributed by atoms with E-state index < -0.39 is 16.0 Å². The molecule has 1 saturated carbocycles.